The predicted octanol–water partition coefficient (Wildman–Crippen LogP) is 3.18. The Kier molecular flexibility index (Phi) is 7.00. The zero-order valence-corrected chi connectivity index (χ0v) is 19.5. The fourth-order valence-electron chi connectivity index (χ4n) is 3.70. The van der Waals surface area contributed by atoms with Gasteiger partial charge in [-0.05, 0) is 74.2 Å². The first-order chi connectivity index (χ1) is 15.0. The maximum Gasteiger partial charge on any atom is 0.253 e. The summed E-state index contributed by atoms with van der Waals surface area (Å²) in [5.74, 6) is -1.35. The van der Waals surface area contributed by atoms with Crippen molar-refractivity contribution in [2.45, 2.75) is 31.6 Å². The van der Waals surface area contributed by atoms with Gasteiger partial charge in [0.15, 0.2) is 0 Å². The van der Waals surface area contributed by atoms with Crippen molar-refractivity contribution in [1.29, 1.82) is 0 Å². The minimum Gasteiger partial charge on any atom is -0.338 e. The first-order valence-corrected chi connectivity index (χ1v) is 11.8. The maximum atomic E-state index is 13.2. The lowest BCUT2D eigenvalue weighted by Gasteiger charge is -2.32. The van der Waals surface area contributed by atoms with Gasteiger partial charge in [-0.1, -0.05) is 0 Å². The number of amides is 2. The van der Waals surface area contributed by atoms with Crippen molar-refractivity contribution < 1.29 is 22.4 Å². The van der Waals surface area contributed by atoms with Crippen molar-refractivity contribution in [3.63, 3.8) is 0 Å². The van der Waals surface area contributed by atoms with Crippen molar-refractivity contribution in [2.75, 3.05) is 32.5 Å². The van der Waals surface area contributed by atoms with Crippen LogP contribution in [0.25, 0.3) is 0 Å². The number of benzene rings is 2. The molecule has 1 aliphatic heterocycles. The molecule has 0 saturated carbocycles. The molecule has 7 nitrogen and oxygen atoms in total. The summed E-state index contributed by atoms with van der Waals surface area (Å²) in [5, 5.41) is 2.87. The van der Waals surface area contributed by atoms with Gasteiger partial charge in [-0.25, -0.2) is 17.1 Å². The van der Waals surface area contributed by atoms with Crippen LogP contribution in [0.3, 0.4) is 0 Å². The number of likely N-dealkylation sites (tertiary alicyclic amines) is 1. The quantitative estimate of drug-likeness (QED) is 0.741. The molecule has 0 bridgehead atoms. The SMILES string of the molecule is Cc1cc(S(=O)(=O)N(C)C)cc(NC(=O)C2CCCN(C(=O)c3ccc(F)cc3)C2)c1C. The molecule has 1 heterocycles. The van der Waals surface area contributed by atoms with E-state index < -0.39 is 21.8 Å². The Morgan fingerprint density at radius 2 is 1.78 bits per heavy atom. The molecular formula is C23H28FN3O4S. The molecule has 1 atom stereocenters. The number of carbonyl (C=O) groups excluding carboxylic acids is 2. The van der Waals surface area contributed by atoms with Crippen molar-refractivity contribution >= 4 is 27.5 Å². The number of anilines is 1. The molecule has 2 aromatic rings. The summed E-state index contributed by atoms with van der Waals surface area (Å²) in [6.45, 7) is 4.38. The summed E-state index contributed by atoms with van der Waals surface area (Å²) in [6.07, 6.45) is 1.28. The number of aryl methyl sites for hydroxylation is 1. The molecule has 0 aliphatic carbocycles. The fraction of sp³-hybridized carbons (Fsp3) is 0.391. The van der Waals surface area contributed by atoms with Crippen LogP contribution in [0.4, 0.5) is 10.1 Å². The zero-order valence-electron chi connectivity index (χ0n) is 18.7. The largest absolute Gasteiger partial charge is 0.338 e. The van der Waals surface area contributed by atoms with Gasteiger partial charge in [0, 0.05) is 38.4 Å². The van der Waals surface area contributed by atoms with E-state index in [4.69, 9.17) is 0 Å². The van der Waals surface area contributed by atoms with Gasteiger partial charge >= 0.3 is 0 Å². The predicted molar refractivity (Wildman–Crippen MR) is 120 cm³/mol. The second kappa shape index (κ2) is 9.38. The summed E-state index contributed by atoms with van der Waals surface area (Å²) in [5.41, 5.74) is 2.35. The summed E-state index contributed by atoms with van der Waals surface area (Å²) < 4.78 is 39.4. The number of nitrogens with one attached hydrogen (secondary N) is 1. The summed E-state index contributed by atoms with van der Waals surface area (Å²) in [6, 6.07) is 8.40. The minimum absolute atomic E-state index is 0.109. The van der Waals surface area contributed by atoms with Crippen LogP contribution >= 0.6 is 0 Å². The second-order valence-corrected chi connectivity index (χ2v) is 10.4. The van der Waals surface area contributed by atoms with Crippen molar-refractivity contribution in [2.24, 2.45) is 5.92 Å². The van der Waals surface area contributed by atoms with Crippen molar-refractivity contribution in [1.82, 2.24) is 9.21 Å². The van der Waals surface area contributed by atoms with Gasteiger partial charge in [0.25, 0.3) is 5.91 Å². The van der Waals surface area contributed by atoms with Crippen LogP contribution in [-0.2, 0) is 14.8 Å². The first-order valence-electron chi connectivity index (χ1n) is 10.4. The average Bonchev–Trinajstić information content (AvgIpc) is 2.76. The molecule has 32 heavy (non-hydrogen) atoms. The molecule has 1 aliphatic rings. The van der Waals surface area contributed by atoms with Gasteiger partial charge < -0.3 is 10.2 Å². The third kappa shape index (κ3) is 4.99. The van der Waals surface area contributed by atoms with Gasteiger partial charge in [0.05, 0.1) is 10.8 Å². The number of piperidine rings is 1. The van der Waals surface area contributed by atoms with Gasteiger partial charge in [-0.2, -0.15) is 0 Å². The lowest BCUT2D eigenvalue weighted by Crippen LogP contribution is -2.43. The first kappa shape index (κ1) is 23.9. The maximum absolute atomic E-state index is 13.2. The van der Waals surface area contributed by atoms with E-state index in [9.17, 15) is 22.4 Å². The highest BCUT2D eigenvalue weighted by molar-refractivity contribution is 7.89. The molecule has 2 amide bonds. The topological polar surface area (TPSA) is 86.8 Å². The molecule has 0 radical (unpaired) electrons. The Bertz CT molecular complexity index is 1130. The van der Waals surface area contributed by atoms with Gasteiger partial charge in [-0.15, -0.1) is 0 Å². The van der Waals surface area contributed by atoms with E-state index in [1.165, 1.54) is 44.4 Å². The number of halogens is 1. The lowest BCUT2D eigenvalue weighted by molar-refractivity contribution is -0.121. The molecule has 0 spiro atoms. The van der Waals surface area contributed by atoms with Gasteiger partial charge in [-0.3, -0.25) is 9.59 Å². The van der Waals surface area contributed by atoms with Gasteiger partial charge in [0.2, 0.25) is 15.9 Å². The van der Waals surface area contributed by atoms with E-state index in [1.54, 1.807) is 17.9 Å². The van der Waals surface area contributed by atoms with E-state index in [0.717, 1.165) is 15.4 Å². The van der Waals surface area contributed by atoms with Crippen LogP contribution in [0, 0.1) is 25.6 Å². The van der Waals surface area contributed by atoms with Crippen molar-refractivity contribution in [3.05, 3.63) is 58.9 Å². The lowest BCUT2D eigenvalue weighted by atomic mass is 9.96. The molecule has 9 heteroatoms. The van der Waals surface area contributed by atoms with E-state index in [2.05, 4.69) is 5.32 Å². The highest BCUT2D eigenvalue weighted by Crippen LogP contribution is 2.27. The zero-order chi connectivity index (χ0) is 23.6. The molecule has 1 unspecified atom stereocenters. The van der Waals surface area contributed by atoms with Crippen LogP contribution < -0.4 is 5.32 Å². The molecule has 2 aromatic carbocycles. The number of nitrogens with zero attached hydrogens (tertiary/aromatic N) is 2. The number of hydrogen-bond acceptors (Lipinski definition) is 4. The van der Waals surface area contributed by atoms with Gasteiger partial charge in [0.1, 0.15) is 5.82 Å². The Labute approximate surface area is 188 Å². The van der Waals surface area contributed by atoms with E-state index in [0.29, 0.717) is 30.6 Å². The number of hydrogen-bond donors (Lipinski definition) is 1. The van der Waals surface area contributed by atoms with E-state index in [-0.39, 0.29) is 23.3 Å². The Hall–Kier alpha value is -2.78. The third-order valence-corrected chi connectivity index (χ3v) is 7.64. The molecule has 1 fully saturated rings. The molecule has 3 rings (SSSR count). The normalized spacial score (nSPS) is 16.8. The van der Waals surface area contributed by atoms with E-state index >= 15 is 0 Å². The van der Waals surface area contributed by atoms with Crippen LogP contribution in [0.5, 0.6) is 0 Å². The molecule has 0 aromatic heterocycles. The smallest absolute Gasteiger partial charge is 0.253 e. The highest BCUT2D eigenvalue weighted by Gasteiger charge is 2.30. The van der Waals surface area contributed by atoms with Crippen LogP contribution in [0.15, 0.2) is 41.3 Å². The minimum atomic E-state index is -3.65. The molecular weight excluding hydrogens is 433 g/mol. The standard InChI is InChI=1S/C23H28FN3O4S/c1-15-12-20(32(30,31)26(3)4)13-21(16(15)2)25-22(28)18-6-5-11-27(14-18)23(29)17-7-9-19(24)10-8-17/h7-10,12-13,18H,5-6,11,14H2,1-4H3,(H,25,28). The number of rotatable bonds is 5. The summed E-state index contributed by atoms with van der Waals surface area (Å²) in [7, 11) is -0.739. The highest BCUT2D eigenvalue weighted by atomic mass is 32.2. The molecule has 1 saturated heterocycles. The summed E-state index contributed by atoms with van der Waals surface area (Å²) >= 11 is 0. The Morgan fingerprint density at radius 3 is 2.41 bits per heavy atom. The second-order valence-electron chi connectivity index (χ2n) is 8.29. The van der Waals surface area contributed by atoms with Crippen LogP contribution in [0.2, 0.25) is 0 Å². The Balaban J connectivity index is 1.77. The molecule has 172 valence electrons. The monoisotopic (exact) mass is 461 g/mol. The van der Waals surface area contributed by atoms with Crippen LogP contribution in [0.1, 0.15) is 34.3 Å². The number of carbonyl (C=O) groups is 2. The van der Waals surface area contributed by atoms with Crippen LogP contribution in [-0.4, -0.2) is 56.6 Å². The van der Waals surface area contributed by atoms with Crippen molar-refractivity contribution in [3.8, 4) is 0 Å². The fourth-order valence-corrected chi connectivity index (χ4v) is 4.72. The molecule has 1 N–H and O–H groups in total. The Morgan fingerprint density at radius 1 is 1.12 bits per heavy atom. The summed E-state index contributed by atoms with van der Waals surface area (Å²) in [4.78, 5) is 27.5. The van der Waals surface area contributed by atoms with E-state index in [1.807, 2.05) is 6.92 Å². The average molecular weight is 462 g/mol. The number of sulfonamides is 1. The third-order valence-electron chi connectivity index (χ3n) is 5.85.